The molecule has 0 aliphatic heterocycles. The van der Waals surface area contributed by atoms with Crippen LogP contribution in [0.25, 0.3) is 0 Å². The second kappa shape index (κ2) is 4.21. The minimum absolute atomic E-state index is 0.0724. The summed E-state index contributed by atoms with van der Waals surface area (Å²) in [4.78, 5) is 11.7. The Morgan fingerprint density at radius 1 is 1.69 bits per heavy atom. The number of nitrogens with two attached hydrogens (primary N) is 1. The second-order valence-electron chi connectivity index (χ2n) is 3.94. The molecule has 1 amide bonds. The molecule has 0 aromatic carbocycles. The van der Waals surface area contributed by atoms with Crippen LogP contribution in [0.5, 0.6) is 0 Å². The molecule has 4 N–H and O–H groups in total. The number of carbonyl (C=O) groups is 1. The van der Waals surface area contributed by atoms with E-state index >= 15 is 0 Å². The van der Waals surface area contributed by atoms with E-state index in [0.29, 0.717) is 0 Å². The maximum Gasteiger partial charge on any atom is 0.272 e. The molecule has 0 saturated heterocycles. The van der Waals surface area contributed by atoms with Crippen LogP contribution in [0.4, 0.5) is 0 Å². The van der Waals surface area contributed by atoms with Gasteiger partial charge in [-0.1, -0.05) is 5.16 Å². The lowest BCUT2D eigenvalue weighted by molar-refractivity contribution is 0.0925. The number of aromatic nitrogens is 2. The number of nitrogens with one attached hydrogen (secondary N) is 1. The highest BCUT2D eigenvalue weighted by Gasteiger charge is 2.26. The molecule has 7 nitrogen and oxygen atoms in total. The van der Waals surface area contributed by atoms with Crippen molar-refractivity contribution in [2.24, 2.45) is 17.9 Å². The molecule has 88 valence electrons. The van der Waals surface area contributed by atoms with Crippen molar-refractivity contribution < 1.29 is 10.0 Å². The monoisotopic (exact) mass is 225 g/mol. The average molecular weight is 225 g/mol. The van der Waals surface area contributed by atoms with E-state index in [9.17, 15) is 4.79 Å². The Balaban J connectivity index is 2.79. The lowest BCUT2D eigenvalue weighted by Gasteiger charge is -2.23. The quantitative estimate of drug-likeness (QED) is 0.283. The Hall–Kier alpha value is -2.05. The fourth-order valence-corrected chi connectivity index (χ4v) is 1.07. The largest absolute Gasteiger partial charge is 0.409 e. The van der Waals surface area contributed by atoms with Crippen LogP contribution in [0.15, 0.2) is 17.4 Å². The van der Waals surface area contributed by atoms with E-state index in [2.05, 4.69) is 15.6 Å². The Labute approximate surface area is 92.9 Å². The summed E-state index contributed by atoms with van der Waals surface area (Å²) in [6.45, 7) is 3.26. The van der Waals surface area contributed by atoms with Crippen molar-refractivity contribution in [3.63, 3.8) is 0 Å². The molecule has 0 radical (unpaired) electrons. The van der Waals surface area contributed by atoms with Crippen molar-refractivity contribution in [1.82, 2.24) is 15.1 Å². The van der Waals surface area contributed by atoms with Gasteiger partial charge in [0.1, 0.15) is 5.69 Å². The highest BCUT2D eigenvalue weighted by molar-refractivity contribution is 5.98. The third-order valence-electron chi connectivity index (χ3n) is 2.12. The number of rotatable bonds is 3. The fourth-order valence-electron chi connectivity index (χ4n) is 1.07. The predicted octanol–water partition coefficient (Wildman–Crippen LogP) is -0.325. The van der Waals surface area contributed by atoms with Gasteiger partial charge in [-0.2, -0.15) is 5.10 Å². The van der Waals surface area contributed by atoms with Gasteiger partial charge in [-0.3, -0.25) is 9.48 Å². The van der Waals surface area contributed by atoms with Gasteiger partial charge in [0.2, 0.25) is 0 Å². The van der Waals surface area contributed by atoms with Crippen molar-refractivity contribution in [2.75, 3.05) is 0 Å². The van der Waals surface area contributed by atoms with E-state index in [4.69, 9.17) is 10.9 Å². The number of oxime groups is 1. The van der Waals surface area contributed by atoms with Crippen LogP contribution >= 0.6 is 0 Å². The Bertz CT molecular complexity index is 421. The number of nitrogens with zero attached hydrogens (tertiary/aromatic N) is 3. The maximum atomic E-state index is 11.7. The predicted molar refractivity (Wildman–Crippen MR) is 58.2 cm³/mol. The van der Waals surface area contributed by atoms with E-state index in [1.807, 2.05) is 0 Å². The summed E-state index contributed by atoms with van der Waals surface area (Å²) < 4.78 is 1.52. The third kappa shape index (κ3) is 2.50. The van der Waals surface area contributed by atoms with Gasteiger partial charge in [-0.25, -0.2) is 0 Å². The van der Waals surface area contributed by atoms with Crippen molar-refractivity contribution in [3.8, 4) is 0 Å². The Kier molecular flexibility index (Phi) is 3.17. The summed E-state index contributed by atoms with van der Waals surface area (Å²) in [5.41, 5.74) is 4.79. The summed E-state index contributed by atoms with van der Waals surface area (Å²) in [5, 5.41) is 18.0. The van der Waals surface area contributed by atoms with Crippen molar-refractivity contribution in [1.29, 1.82) is 0 Å². The Morgan fingerprint density at radius 3 is 2.75 bits per heavy atom. The van der Waals surface area contributed by atoms with Gasteiger partial charge in [0.15, 0.2) is 5.84 Å². The van der Waals surface area contributed by atoms with E-state index in [-0.39, 0.29) is 17.4 Å². The number of hydrogen-bond donors (Lipinski definition) is 3. The number of hydrogen-bond acceptors (Lipinski definition) is 4. The summed E-state index contributed by atoms with van der Waals surface area (Å²) >= 11 is 0. The zero-order valence-corrected chi connectivity index (χ0v) is 9.43. The number of amides is 1. The molecule has 0 spiro atoms. The van der Waals surface area contributed by atoms with Crippen molar-refractivity contribution >= 4 is 11.7 Å². The van der Waals surface area contributed by atoms with Crippen LogP contribution in [0.2, 0.25) is 0 Å². The summed E-state index contributed by atoms with van der Waals surface area (Å²) in [5.74, 6) is -0.450. The van der Waals surface area contributed by atoms with Crippen LogP contribution in [0.3, 0.4) is 0 Å². The molecule has 0 aliphatic carbocycles. The molecule has 1 aromatic rings. The van der Waals surface area contributed by atoms with Crippen molar-refractivity contribution in [3.05, 3.63) is 18.0 Å². The van der Waals surface area contributed by atoms with E-state index < -0.39 is 5.54 Å². The number of aryl methyl sites for hydroxylation is 1. The lowest BCUT2D eigenvalue weighted by atomic mass is 10.0. The minimum Gasteiger partial charge on any atom is -0.409 e. The number of carbonyl (C=O) groups excluding carboxylic acids is 1. The summed E-state index contributed by atoms with van der Waals surface area (Å²) in [6.07, 6.45) is 1.66. The molecule has 16 heavy (non-hydrogen) atoms. The van der Waals surface area contributed by atoms with Gasteiger partial charge in [0.25, 0.3) is 5.91 Å². The maximum absolute atomic E-state index is 11.7. The second-order valence-corrected chi connectivity index (χ2v) is 3.94. The molecule has 0 bridgehead atoms. The molecular weight excluding hydrogens is 210 g/mol. The average Bonchev–Trinajstić information content (AvgIpc) is 2.63. The molecule has 0 atom stereocenters. The van der Waals surface area contributed by atoms with Crippen LogP contribution in [0, 0.1) is 0 Å². The molecule has 0 fully saturated rings. The highest BCUT2D eigenvalue weighted by Crippen LogP contribution is 2.04. The first kappa shape index (κ1) is 12.0. The van der Waals surface area contributed by atoms with E-state index in [0.717, 1.165) is 0 Å². The molecular formula is C9H15N5O2. The first-order valence-corrected chi connectivity index (χ1v) is 4.67. The fraction of sp³-hybridized carbons (Fsp3) is 0.444. The zero-order valence-electron chi connectivity index (χ0n) is 9.43. The van der Waals surface area contributed by atoms with Gasteiger partial charge in [-0.05, 0) is 19.9 Å². The molecule has 7 heteroatoms. The lowest BCUT2D eigenvalue weighted by Crippen LogP contribution is -2.53. The highest BCUT2D eigenvalue weighted by atomic mass is 16.4. The Morgan fingerprint density at radius 2 is 2.31 bits per heavy atom. The van der Waals surface area contributed by atoms with Gasteiger partial charge in [-0.15, -0.1) is 0 Å². The zero-order chi connectivity index (χ0) is 12.3. The summed E-state index contributed by atoms with van der Waals surface area (Å²) in [7, 11) is 1.71. The van der Waals surface area contributed by atoms with Crippen LogP contribution in [-0.4, -0.2) is 32.3 Å². The molecule has 0 saturated carbocycles. The van der Waals surface area contributed by atoms with Crippen molar-refractivity contribution in [2.45, 2.75) is 19.4 Å². The summed E-state index contributed by atoms with van der Waals surface area (Å²) in [6, 6.07) is 1.58. The minimum atomic E-state index is -0.927. The molecule has 1 aromatic heterocycles. The molecule has 1 rings (SSSR count). The smallest absolute Gasteiger partial charge is 0.272 e. The van der Waals surface area contributed by atoms with Gasteiger partial charge in [0.05, 0.1) is 5.54 Å². The van der Waals surface area contributed by atoms with Crippen LogP contribution in [0.1, 0.15) is 24.3 Å². The standard InChI is InChI=1S/C9H15N5O2/c1-9(2,8(10)13-16)11-7(15)6-4-5-14(3)12-6/h4-5,16H,1-3H3,(H2,10,13)(H,11,15). The molecule has 0 unspecified atom stereocenters. The molecule has 0 aliphatic rings. The van der Waals surface area contributed by atoms with Crippen LogP contribution < -0.4 is 11.1 Å². The first-order valence-electron chi connectivity index (χ1n) is 4.67. The third-order valence-corrected chi connectivity index (χ3v) is 2.12. The van der Waals surface area contributed by atoms with E-state index in [1.165, 1.54) is 4.68 Å². The van der Waals surface area contributed by atoms with E-state index in [1.54, 1.807) is 33.2 Å². The SMILES string of the molecule is Cn1ccc(C(=O)NC(C)(C)/C(N)=N/O)n1. The van der Waals surface area contributed by atoms with Crippen LogP contribution in [-0.2, 0) is 7.05 Å². The van der Waals surface area contributed by atoms with Gasteiger partial charge < -0.3 is 16.3 Å². The van der Waals surface area contributed by atoms with Gasteiger partial charge in [0, 0.05) is 13.2 Å². The van der Waals surface area contributed by atoms with Gasteiger partial charge >= 0.3 is 0 Å². The number of amidine groups is 1. The molecule has 1 heterocycles. The normalized spacial score (nSPS) is 12.6. The first-order chi connectivity index (χ1) is 7.36. The topological polar surface area (TPSA) is 106 Å².